The van der Waals surface area contributed by atoms with Crippen LogP contribution in [-0.4, -0.2) is 21.0 Å². The van der Waals surface area contributed by atoms with Crippen LogP contribution >= 0.6 is 0 Å². The van der Waals surface area contributed by atoms with Crippen LogP contribution in [0.4, 0.5) is 5.69 Å². The third kappa shape index (κ3) is 3.48. The first-order valence-corrected chi connectivity index (χ1v) is 8.36. The number of para-hydroxylation sites is 1. The maximum Gasteiger partial charge on any atom is 0.242 e. The summed E-state index contributed by atoms with van der Waals surface area (Å²) in [6, 6.07) is 7.17. The van der Waals surface area contributed by atoms with Gasteiger partial charge in [-0.15, -0.1) is 0 Å². The van der Waals surface area contributed by atoms with Crippen LogP contribution in [0.3, 0.4) is 0 Å². The molecule has 0 unspecified atom stereocenters. The van der Waals surface area contributed by atoms with E-state index in [1.807, 2.05) is 12.1 Å². The highest BCUT2D eigenvalue weighted by atomic mass is 32.2. The summed E-state index contributed by atoms with van der Waals surface area (Å²) in [6.45, 7) is 4.96. The van der Waals surface area contributed by atoms with Gasteiger partial charge in [0.15, 0.2) is 0 Å². The Bertz CT molecular complexity index is 522. The molecule has 1 aromatic rings. The maximum absolute atomic E-state index is 12.4. The monoisotopic (exact) mass is 282 g/mol. The fourth-order valence-electron chi connectivity index (χ4n) is 2.39. The molecule has 0 amide bonds. The Labute approximate surface area is 115 Å². The lowest BCUT2D eigenvalue weighted by Gasteiger charge is -2.33. The van der Waals surface area contributed by atoms with Gasteiger partial charge in [0, 0.05) is 12.6 Å². The third-order valence-electron chi connectivity index (χ3n) is 3.44. The van der Waals surface area contributed by atoms with E-state index in [1.165, 1.54) is 0 Å². The fraction of sp³-hybridized carbons (Fsp3) is 0.571. The lowest BCUT2D eigenvalue weighted by atomic mass is 9.83. The molecule has 1 aromatic carbocycles. The summed E-state index contributed by atoms with van der Waals surface area (Å²) in [5.74, 6) is 0.626. The van der Waals surface area contributed by atoms with Crippen molar-refractivity contribution in [1.29, 1.82) is 0 Å². The molecule has 0 saturated heterocycles. The van der Waals surface area contributed by atoms with Gasteiger partial charge in [-0.1, -0.05) is 26.0 Å². The molecule has 106 valence electrons. The standard InChI is InChI=1S/C14H22N2O2S/c1-3-8-15-13-6-4-5-7-14(13)19(17,18)16-12-9-11(2)10-12/h4-7,11-12,15-16H,3,8-10H2,1-2H3. The molecule has 0 heterocycles. The summed E-state index contributed by atoms with van der Waals surface area (Å²) < 4.78 is 27.5. The first-order valence-electron chi connectivity index (χ1n) is 6.88. The molecule has 5 heteroatoms. The van der Waals surface area contributed by atoms with E-state index in [0.29, 0.717) is 16.5 Å². The SMILES string of the molecule is CCCNc1ccccc1S(=O)(=O)NC1CC(C)C1. The van der Waals surface area contributed by atoms with E-state index < -0.39 is 10.0 Å². The average molecular weight is 282 g/mol. The molecule has 0 spiro atoms. The molecule has 0 atom stereocenters. The predicted molar refractivity (Wildman–Crippen MR) is 77.7 cm³/mol. The molecule has 0 radical (unpaired) electrons. The highest BCUT2D eigenvalue weighted by molar-refractivity contribution is 7.89. The zero-order valence-corrected chi connectivity index (χ0v) is 12.3. The number of hydrogen-bond donors (Lipinski definition) is 2. The molecule has 1 aliphatic carbocycles. The van der Waals surface area contributed by atoms with E-state index in [1.54, 1.807) is 12.1 Å². The lowest BCUT2D eigenvalue weighted by Crippen LogP contribution is -2.43. The summed E-state index contributed by atoms with van der Waals surface area (Å²) in [5, 5.41) is 3.17. The molecule has 0 bridgehead atoms. The normalized spacial score (nSPS) is 22.8. The first kappa shape index (κ1) is 14.3. The van der Waals surface area contributed by atoms with Gasteiger partial charge in [0.2, 0.25) is 10.0 Å². The Morgan fingerprint density at radius 1 is 1.26 bits per heavy atom. The molecule has 19 heavy (non-hydrogen) atoms. The minimum Gasteiger partial charge on any atom is -0.384 e. The van der Waals surface area contributed by atoms with Gasteiger partial charge in [-0.2, -0.15) is 0 Å². The smallest absolute Gasteiger partial charge is 0.242 e. The quantitative estimate of drug-likeness (QED) is 0.843. The molecule has 0 aliphatic heterocycles. The number of rotatable bonds is 6. The van der Waals surface area contributed by atoms with Crippen LogP contribution in [-0.2, 0) is 10.0 Å². The minimum absolute atomic E-state index is 0.0965. The van der Waals surface area contributed by atoms with Gasteiger partial charge < -0.3 is 5.32 Å². The zero-order chi connectivity index (χ0) is 13.9. The molecule has 1 aliphatic rings. The van der Waals surface area contributed by atoms with Crippen LogP contribution in [0.1, 0.15) is 33.1 Å². The van der Waals surface area contributed by atoms with Crippen molar-refractivity contribution in [3.8, 4) is 0 Å². The van der Waals surface area contributed by atoms with Gasteiger partial charge in [-0.25, -0.2) is 13.1 Å². The van der Waals surface area contributed by atoms with E-state index in [2.05, 4.69) is 23.9 Å². The van der Waals surface area contributed by atoms with Crippen LogP contribution in [0.2, 0.25) is 0 Å². The van der Waals surface area contributed by atoms with Crippen molar-refractivity contribution in [3.05, 3.63) is 24.3 Å². The molecule has 4 nitrogen and oxygen atoms in total. The van der Waals surface area contributed by atoms with Crippen molar-refractivity contribution < 1.29 is 8.42 Å². The molecular weight excluding hydrogens is 260 g/mol. The Morgan fingerprint density at radius 3 is 2.58 bits per heavy atom. The largest absolute Gasteiger partial charge is 0.384 e. The van der Waals surface area contributed by atoms with E-state index in [0.717, 1.165) is 25.8 Å². The summed E-state index contributed by atoms with van der Waals surface area (Å²) in [6.07, 6.45) is 2.83. The zero-order valence-electron chi connectivity index (χ0n) is 11.5. The maximum atomic E-state index is 12.4. The van der Waals surface area contributed by atoms with Crippen LogP contribution < -0.4 is 10.0 Å². The lowest BCUT2D eigenvalue weighted by molar-refractivity contribution is 0.270. The van der Waals surface area contributed by atoms with Gasteiger partial charge in [0.1, 0.15) is 4.90 Å². The van der Waals surface area contributed by atoms with Gasteiger partial charge in [0.25, 0.3) is 0 Å². The number of anilines is 1. The Balaban J connectivity index is 2.15. The molecule has 0 aromatic heterocycles. The topological polar surface area (TPSA) is 58.2 Å². The fourth-order valence-corrected chi connectivity index (χ4v) is 3.83. The van der Waals surface area contributed by atoms with Crippen molar-refractivity contribution in [2.24, 2.45) is 5.92 Å². The second-order valence-corrected chi connectivity index (χ2v) is 7.00. The predicted octanol–water partition coefficient (Wildman–Crippen LogP) is 2.59. The third-order valence-corrected chi connectivity index (χ3v) is 5.02. The van der Waals surface area contributed by atoms with E-state index >= 15 is 0 Å². The molecule has 2 rings (SSSR count). The van der Waals surface area contributed by atoms with Crippen molar-refractivity contribution in [3.63, 3.8) is 0 Å². The van der Waals surface area contributed by atoms with Crippen molar-refractivity contribution >= 4 is 15.7 Å². The van der Waals surface area contributed by atoms with Crippen molar-refractivity contribution in [1.82, 2.24) is 4.72 Å². The summed E-state index contributed by atoms with van der Waals surface area (Å²) in [5.41, 5.74) is 0.684. The van der Waals surface area contributed by atoms with Crippen molar-refractivity contribution in [2.45, 2.75) is 44.0 Å². The highest BCUT2D eigenvalue weighted by Crippen LogP contribution is 2.29. The van der Waals surface area contributed by atoms with Crippen LogP contribution in [0.15, 0.2) is 29.2 Å². The average Bonchev–Trinajstić information content (AvgIpc) is 2.34. The van der Waals surface area contributed by atoms with Gasteiger partial charge >= 0.3 is 0 Å². The van der Waals surface area contributed by atoms with E-state index in [4.69, 9.17) is 0 Å². The molecule has 1 fully saturated rings. The molecule has 1 saturated carbocycles. The number of hydrogen-bond acceptors (Lipinski definition) is 3. The van der Waals surface area contributed by atoms with Gasteiger partial charge in [-0.3, -0.25) is 0 Å². The first-order chi connectivity index (χ1) is 9.03. The number of sulfonamides is 1. The van der Waals surface area contributed by atoms with Crippen LogP contribution in [0.25, 0.3) is 0 Å². The van der Waals surface area contributed by atoms with E-state index in [-0.39, 0.29) is 6.04 Å². The van der Waals surface area contributed by atoms with E-state index in [9.17, 15) is 8.42 Å². The number of benzene rings is 1. The van der Waals surface area contributed by atoms with Crippen LogP contribution in [0, 0.1) is 5.92 Å². The van der Waals surface area contributed by atoms with Gasteiger partial charge in [-0.05, 0) is 37.3 Å². The summed E-state index contributed by atoms with van der Waals surface area (Å²) >= 11 is 0. The summed E-state index contributed by atoms with van der Waals surface area (Å²) in [4.78, 5) is 0.350. The van der Waals surface area contributed by atoms with Crippen LogP contribution in [0.5, 0.6) is 0 Å². The molecular formula is C14H22N2O2S. The Kier molecular flexibility index (Phi) is 4.47. The highest BCUT2D eigenvalue weighted by Gasteiger charge is 2.30. The van der Waals surface area contributed by atoms with Crippen molar-refractivity contribution in [2.75, 3.05) is 11.9 Å². The Morgan fingerprint density at radius 2 is 1.95 bits per heavy atom. The number of nitrogens with one attached hydrogen (secondary N) is 2. The van der Waals surface area contributed by atoms with Gasteiger partial charge in [0.05, 0.1) is 5.69 Å². The second-order valence-electron chi connectivity index (χ2n) is 5.32. The minimum atomic E-state index is -3.42. The second kappa shape index (κ2) is 5.92. The Hall–Kier alpha value is -1.07. The summed E-state index contributed by atoms with van der Waals surface area (Å²) in [7, 11) is -3.42. The molecule has 2 N–H and O–H groups in total.